The van der Waals surface area contributed by atoms with Crippen molar-refractivity contribution in [3.05, 3.63) is 64.2 Å². The van der Waals surface area contributed by atoms with Crippen molar-refractivity contribution >= 4 is 17.3 Å². The number of para-hydroxylation sites is 3. The fourth-order valence-corrected chi connectivity index (χ4v) is 3.01. The molecule has 0 spiro atoms. The predicted octanol–water partition coefficient (Wildman–Crippen LogP) is 3.34. The number of fused-ring (bicyclic) bond motifs is 1. The Morgan fingerprint density at radius 3 is 2.75 bits per heavy atom. The summed E-state index contributed by atoms with van der Waals surface area (Å²) in [5, 5.41) is 11.0. The van der Waals surface area contributed by atoms with E-state index >= 15 is 0 Å². The molecule has 6 heteroatoms. The molecule has 1 heterocycles. The summed E-state index contributed by atoms with van der Waals surface area (Å²) in [5.41, 5.74) is 1.89. The highest BCUT2D eigenvalue weighted by atomic mass is 16.6. The number of hydrogen-bond donors (Lipinski definition) is 0. The monoisotopic (exact) mass is 326 g/mol. The number of carbonyl (C=O) groups excluding carboxylic acids is 1. The zero-order valence-electron chi connectivity index (χ0n) is 13.3. The van der Waals surface area contributed by atoms with Gasteiger partial charge in [0.25, 0.3) is 5.91 Å². The molecule has 1 amide bonds. The van der Waals surface area contributed by atoms with Crippen LogP contribution in [0.25, 0.3) is 0 Å². The fourth-order valence-electron chi connectivity index (χ4n) is 3.01. The number of benzene rings is 2. The van der Waals surface area contributed by atoms with Crippen LogP contribution in [0.1, 0.15) is 18.9 Å². The molecular formula is C18H18N2O4. The van der Waals surface area contributed by atoms with Gasteiger partial charge in [0.15, 0.2) is 12.4 Å². The lowest BCUT2D eigenvalue weighted by Gasteiger charge is -2.35. The third-order valence-corrected chi connectivity index (χ3v) is 4.21. The molecule has 24 heavy (non-hydrogen) atoms. The van der Waals surface area contributed by atoms with Crippen LogP contribution in [0.5, 0.6) is 5.75 Å². The van der Waals surface area contributed by atoms with Crippen molar-refractivity contribution in [1.82, 2.24) is 0 Å². The zero-order chi connectivity index (χ0) is 17.1. The maximum atomic E-state index is 12.7. The van der Waals surface area contributed by atoms with E-state index in [1.54, 1.807) is 17.0 Å². The van der Waals surface area contributed by atoms with Crippen molar-refractivity contribution in [2.75, 3.05) is 11.5 Å². The Morgan fingerprint density at radius 2 is 1.96 bits per heavy atom. The summed E-state index contributed by atoms with van der Waals surface area (Å²) in [6.07, 6.45) is 1.82. The summed E-state index contributed by atoms with van der Waals surface area (Å²) in [5.74, 6) is -0.0957. The fraction of sp³-hybridized carbons (Fsp3) is 0.278. The Hall–Kier alpha value is -2.89. The van der Waals surface area contributed by atoms with E-state index in [-0.39, 0.29) is 30.0 Å². The number of rotatable bonds is 4. The Morgan fingerprint density at radius 1 is 1.25 bits per heavy atom. The summed E-state index contributed by atoms with van der Waals surface area (Å²) in [4.78, 5) is 24.9. The Kier molecular flexibility index (Phi) is 4.46. The highest BCUT2D eigenvalue weighted by molar-refractivity contribution is 5.96. The predicted molar refractivity (Wildman–Crippen MR) is 90.3 cm³/mol. The van der Waals surface area contributed by atoms with Crippen molar-refractivity contribution in [2.45, 2.75) is 25.8 Å². The van der Waals surface area contributed by atoms with Crippen LogP contribution in [-0.2, 0) is 11.2 Å². The number of nitro groups is 1. The van der Waals surface area contributed by atoms with Crippen LogP contribution in [0.3, 0.4) is 0 Å². The molecule has 6 nitrogen and oxygen atoms in total. The molecular weight excluding hydrogens is 308 g/mol. The first-order valence-electron chi connectivity index (χ1n) is 7.84. The Bertz CT molecular complexity index is 775. The van der Waals surface area contributed by atoms with Gasteiger partial charge in [-0.15, -0.1) is 0 Å². The van der Waals surface area contributed by atoms with Gasteiger partial charge in [-0.2, -0.15) is 0 Å². The van der Waals surface area contributed by atoms with E-state index in [4.69, 9.17) is 4.74 Å². The second-order valence-electron chi connectivity index (χ2n) is 5.79. The van der Waals surface area contributed by atoms with Gasteiger partial charge in [0.1, 0.15) is 0 Å². The smallest absolute Gasteiger partial charge is 0.310 e. The largest absolute Gasteiger partial charge is 0.477 e. The van der Waals surface area contributed by atoms with E-state index in [1.807, 2.05) is 31.2 Å². The van der Waals surface area contributed by atoms with Crippen molar-refractivity contribution in [1.29, 1.82) is 0 Å². The third kappa shape index (κ3) is 3.08. The lowest BCUT2D eigenvalue weighted by molar-refractivity contribution is -0.385. The van der Waals surface area contributed by atoms with Gasteiger partial charge in [-0.1, -0.05) is 30.3 Å². The van der Waals surface area contributed by atoms with Crippen LogP contribution < -0.4 is 9.64 Å². The highest BCUT2D eigenvalue weighted by Gasteiger charge is 2.28. The Balaban J connectivity index is 1.78. The van der Waals surface area contributed by atoms with Gasteiger partial charge in [0.2, 0.25) is 0 Å². The maximum Gasteiger partial charge on any atom is 0.310 e. The number of hydrogen-bond acceptors (Lipinski definition) is 4. The van der Waals surface area contributed by atoms with E-state index in [0.717, 1.165) is 24.1 Å². The molecule has 0 saturated heterocycles. The van der Waals surface area contributed by atoms with Crippen LogP contribution in [0.15, 0.2) is 48.5 Å². The molecule has 0 bridgehead atoms. The average molecular weight is 326 g/mol. The van der Waals surface area contributed by atoms with Crippen LogP contribution in [0.2, 0.25) is 0 Å². The number of ether oxygens (including phenoxy) is 1. The quantitative estimate of drug-likeness (QED) is 0.638. The topological polar surface area (TPSA) is 72.7 Å². The van der Waals surface area contributed by atoms with Crippen molar-refractivity contribution in [3.63, 3.8) is 0 Å². The van der Waals surface area contributed by atoms with Gasteiger partial charge in [0.05, 0.1) is 4.92 Å². The summed E-state index contributed by atoms with van der Waals surface area (Å²) in [6.45, 7) is 1.77. The Labute approximate surface area is 139 Å². The molecule has 1 unspecified atom stereocenters. The number of aryl methyl sites for hydroxylation is 1. The first-order valence-corrected chi connectivity index (χ1v) is 7.84. The standard InChI is InChI=1S/C18H18N2O4/c1-13-10-11-14-6-2-3-7-15(14)19(13)18(21)12-24-17-9-5-4-8-16(17)20(22)23/h2-9,13H,10-12H2,1H3. The molecule has 0 aliphatic carbocycles. The van der Waals surface area contributed by atoms with Gasteiger partial charge < -0.3 is 9.64 Å². The van der Waals surface area contributed by atoms with Gasteiger partial charge in [-0.3, -0.25) is 14.9 Å². The normalized spacial score (nSPS) is 16.4. The highest BCUT2D eigenvalue weighted by Crippen LogP contribution is 2.31. The van der Waals surface area contributed by atoms with E-state index in [1.165, 1.54) is 12.1 Å². The van der Waals surface area contributed by atoms with E-state index in [2.05, 4.69) is 0 Å². The summed E-state index contributed by atoms with van der Waals surface area (Å²) >= 11 is 0. The first-order chi connectivity index (χ1) is 11.6. The molecule has 1 aliphatic rings. The summed E-state index contributed by atoms with van der Waals surface area (Å²) in [7, 11) is 0. The number of nitrogens with zero attached hydrogens (tertiary/aromatic N) is 2. The van der Waals surface area contributed by atoms with Crippen LogP contribution in [0, 0.1) is 10.1 Å². The lowest BCUT2D eigenvalue weighted by atomic mass is 9.96. The van der Waals surface area contributed by atoms with Gasteiger partial charge in [-0.25, -0.2) is 0 Å². The molecule has 1 atom stereocenters. The average Bonchev–Trinajstić information content (AvgIpc) is 2.59. The van der Waals surface area contributed by atoms with Crippen LogP contribution in [0.4, 0.5) is 11.4 Å². The number of carbonyl (C=O) groups is 1. The second-order valence-corrected chi connectivity index (χ2v) is 5.79. The third-order valence-electron chi connectivity index (χ3n) is 4.21. The molecule has 0 radical (unpaired) electrons. The molecule has 0 aromatic heterocycles. The molecule has 3 rings (SSSR count). The minimum Gasteiger partial charge on any atom is -0.477 e. The molecule has 2 aromatic carbocycles. The molecule has 0 saturated carbocycles. The van der Waals surface area contributed by atoms with E-state index in [0.29, 0.717) is 0 Å². The van der Waals surface area contributed by atoms with E-state index in [9.17, 15) is 14.9 Å². The van der Waals surface area contributed by atoms with Gasteiger partial charge in [0, 0.05) is 17.8 Å². The maximum absolute atomic E-state index is 12.7. The summed E-state index contributed by atoms with van der Waals surface area (Å²) < 4.78 is 5.44. The van der Waals surface area contributed by atoms with Crippen molar-refractivity contribution in [3.8, 4) is 5.75 Å². The van der Waals surface area contributed by atoms with Gasteiger partial charge in [-0.05, 0) is 37.5 Å². The SMILES string of the molecule is CC1CCc2ccccc2N1C(=O)COc1ccccc1[N+](=O)[O-]. The number of nitro benzene ring substituents is 1. The molecule has 1 aliphatic heterocycles. The second kappa shape index (κ2) is 6.70. The van der Waals surface area contributed by atoms with Crippen LogP contribution >= 0.6 is 0 Å². The summed E-state index contributed by atoms with van der Waals surface area (Å²) in [6, 6.07) is 13.9. The van der Waals surface area contributed by atoms with Crippen molar-refractivity contribution in [2.24, 2.45) is 0 Å². The molecule has 124 valence electrons. The molecule has 0 fully saturated rings. The minimum atomic E-state index is -0.515. The van der Waals surface area contributed by atoms with E-state index < -0.39 is 4.92 Å². The minimum absolute atomic E-state index is 0.0711. The van der Waals surface area contributed by atoms with Gasteiger partial charge >= 0.3 is 5.69 Å². The lowest BCUT2D eigenvalue weighted by Crippen LogP contribution is -2.44. The molecule has 0 N–H and O–H groups in total. The zero-order valence-corrected chi connectivity index (χ0v) is 13.3. The first kappa shape index (κ1) is 16.0. The number of amides is 1. The van der Waals surface area contributed by atoms with Crippen LogP contribution in [-0.4, -0.2) is 23.5 Å². The number of anilines is 1. The molecule has 2 aromatic rings. The van der Waals surface area contributed by atoms with Crippen molar-refractivity contribution < 1.29 is 14.5 Å².